The third-order valence-corrected chi connectivity index (χ3v) is 3.81. The summed E-state index contributed by atoms with van der Waals surface area (Å²) in [6, 6.07) is 6.02. The molecule has 0 spiro atoms. The summed E-state index contributed by atoms with van der Waals surface area (Å²) in [6.07, 6.45) is 5.77. The van der Waals surface area contributed by atoms with E-state index in [-0.39, 0.29) is 23.6 Å². The highest BCUT2D eigenvalue weighted by atomic mass is 19.1. The zero-order chi connectivity index (χ0) is 14.8. The van der Waals surface area contributed by atoms with E-state index in [4.69, 9.17) is 5.73 Å². The molecular formula is C15H17FN4O. The van der Waals surface area contributed by atoms with Crippen LogP contribution in [0.3, 0.4) is 0 Å². The number of nitrogens with zero attached hydrogens (tertiary/aromatic N) is 2. The van der Waals surface area contributed by atoms with Gasteiger partial charge in [0, 0.05) is 6.04 Å². The van der Waals surface area contributed by atoms with Crippen molar-refractivity contribution in [2.75, 3.05) is 5.73 Å². The van der Waals surface area contributed by atoms with E-state index in [1.54, 1.807) is 12.1 Å². The molecule has 3 rings (SSSR count). The van der Waals surface area contributed by atoms with Crippen LogP contribution >= 0.6 is 0 Å². The predicted molar refractivity (Wildman–Crippen MR) is 77.7 cm³/mol. The highest BCUT2D eigenvalue weighted by Gasteiger charge is 2.21. The van der Waals surface area contributed by atoms with Gasteiger partial charge in [0.05, 0.1) is 11.9 Å². The molecule has 0 saturated heterocycles. The first-order valence-electron chi connectivity index (χ1n) is 7.05. The molecule has 6 heteroatoms. The quantitative estimate of drug-likeness (QED) is 0.910. The molecule has 1 amide bonds. The van der Waals surface area contributed by atoms with Gasteiger partial charge in [-0.1, -0.05) is 12.8 Å². The molecule has 21 heavy (non-hydrogen) atoms. The molecule has 5 nitrogen and oxygen atoms in total. The maximum atomic E-state index is 12.9. The molecule has 0 unspecified atom stereocenters. The van der Waals surface area contributed by atoms with Gasteiger partial charge in [0.1, 0.15) is 17.2 Å². The van der Waals surface area contributed by atoms with Crippen LogP contribution in [0.1, 0.15) is 36.0 Å². The summed E-state index contributed by atoms with van der Waals surface area (Å²) < 4.78 is 14.4. The Labute approximate surface area is 121 Å². The number of amides is 1. The molecule has 110 valence electrons. The fourth-order valence-corrected chi connectivity index (χ4v) is 2.65. The summed E-state index contributed by atoms with van der Waals surface area (Å²) in [5.41, 5.74) is 6.97. The van der Waals surface area contributed by atoms with Gasteiger partial charge in [-0.25, -0.2) is 9.07 Å². The summed E-state index contributed by atoms with van der Waals surface area (Å²) in [7, 11) is 0. The van der Waals surface area contributed by atoms with Gasteiger partial charge in [0.25, 0.3) is 5.91 Å². The number of carbonyl (C=O) groups is 1. The number of nitrogen functional groups attached to an aromatic ring is 1. The maximum absolute atomic E-state index is 12.9. The molecule has 3 N–H and O–H groups in total. The number of anilines is 1. The van der Waals surface area contributed by atoms with Crippen LogP contribution in [-0.4, -0.2) is 21.7 Å². The summed E-state index contributed by atoms with van der Waals surface area (Å²) in [6.45, 7) is 0. The lowest BCUT2D eigenvalue weighted by atomic mass is 10.2. The van der Waals surface area contributed by atoms with Crippen molar-refractivity contribution in [2.45, 2.75) is 31.7 Å². The second-order valence-corrected chi connectivity index (χ2v) is 5.29. The molecule has 2 aromatic rings. The van der Waals surface area contributed by atoms with Gasteiger partial charge in [0.15, 0.2) is 0 Å². The SMILES string of the molecule is Nc1c(C(=O)NC2CCCC2)cnn1-c1ccc(F)cc1. The van der Waals surface area contributed by atoms with Crippen molar-refractivity contribution in [3.8, 4) is 5.69 Å². The Balaban J connectivity index is 1.81. The second kappa shape index (κ2) is 5.55. The third-order valence-electron chi connectivity index (χ3n) is 3.81. The van der Waals surface area contributed by atoms with Crippen LogP contribution in [0.25, 0.3) is 5.69 Å². The van der Waals surface area contributed by atoms with Gasteiger partial charge < -0.3 is 11.1 Å². The number of carbonyl (C=O) groups excluding carboxylic acids is 1. The monoisotopic (exact) mass is 288 g/mol. The van der Waals surface area contributed by atoms with E-state index in [2.05, 4.69) is 10.4 Å². The number of nitrogens with two attached hydrogens (primary N) is 1. The predicted octanol–water partition coefficient (Wildman–Crippen LogP) is 2.27. The lowest BCUT2D eigenvalue weighted by Crippen LogP contribution is -2.32. The van der Waals surface area contributed by atoms with E-state index in [0.717, 1.165) is 25.7 Å². The van der Waals surface area contributed by atoms with Crippen molar-refractivity contribution in [1.82, 2.24) is 15.1 Å². The minimum atomic E-state index is -0.330. The first-order chi connectivity index (χ1) is 10.1. The summed E-state index contributed by atoms with van der Waals surface area (Å²) >= 11 is 0. The minimum Gasteiger partial charge on any atom is -0.383 e. The lowest BCUT2D eigenvalue weighted by Gasteiger charge is -2.11. The molecule has 1 heterocycles. The number of nitrogens with one attached hydrogen (secondary N) is 1. The smallest absolute Gasteiger partial charge is 0.256 e. The van der Waals surface area contributed by atoms with E-state index in [9.17, 15) is 9.18 Å². The number of hydrogen-bond acceptors (Lipinski definition) is 3. The van der Waals surface area contributed by atoms with Crippen LogP contribution in [0, 0.1) is 5.82 Å². The van der Waals surface area contributed by atoms with Crippen LogP contribution in [0.15, 0.2) is 30.5 Å². The molecule has 0 bridgehead atoms. The van der Waals surface area contributed by atoms with Crippen LogP contribution in [0.4, 0.5) is 10.2 Å². The largest absolute Gasteiger partial charge is 0.383 e. The molecule has 1 aliphatic carbocycles. The van der Waals surface area contributed by atoms with Crippen LogP contribution < -0.4 is 11.1 Å². The number of halogens is 1. The summed E-state index contributed by atoms with van der Waals surface area (Å²) in [5, 5.41) is 7.10. The van der Waals surface area contributed by atoms with Gasteiger partial charge in [-0.3, -0.25) is 4.79 Å². The standard InChI is InChI=1S/C15H17FN4O/c16-10-5-7-12(8-6-10)20-14(17)13(9-18-20)15(21)19-11-3-1-2-4-11/h5-9,11H,1-4,17H2,(H,19,21). The first-order valence-corrected chi connectivity index (χ1v) is 7.05. The lowest BCUT2D eigenvalue weighted by molar-refractivity contribution is 0.0939. The van der Waals surface area contributed by atoms with E-state index < -0.39 is 0 Å². The fourth-order valence-electron chi connectivity index (χ4n) is 2.65. The molecule has 0 atom stereocenters. The molecule has 1 saturated carbocycles. The zero-order valence-corrected chi connectivity index (χ0v) is 11.6. The average Bonchev–Trinajstić information content (AvgIpc) is 3.09. The number of hydrogen-bond donors (Lipinski definition) is 2. The Kier molecular flexibility index (Phi) is 3.60. The van der Waals surface area contributed by atoms with Gasteiger partial charge >= 0.3 is 0 Å². The molecule has 1 aliphatic rings. The van der Waals surface area contributed by atoms with Crippen molar-refractivity contribution in [3.05, 3.63) is 41.8 Å². The third kappa shape index (κ3) is 2.74. The van der Waals surface area contributed by atoms with Crippen LogP contribution in [0.5, 0.6) is 0 Å². The summed E-state index contributed by atoms with van der Waals surface area (Å²) in [5.74, 6) is -0.270. The molecular weight excluding hydrogens is 271 g/mol. The van der Waals surface area contributed by atoms with Crippen LogP contribution in [-0.2, 0) is 0 Å². The number of aromatic nitrogens is 2. The summed E-state index contributed by atoms with van der Waals surface area (Å²) in [4.78, 5) is 12.2. The molecule has 1 aromatic carbocycles. The van der Waals surface area contributed by atoms with Gasteiger partial charge in [0.2, 0.25) is 0 Å². The maximum Gasteiger partial charge on any atom is 0.256 e. The van der Waals surface area contributed by atoms with Gasteiger partial charge in [-0.15, -0.1) is 0 Å². The fraction of sp³-hybridized carbons (Fsp3) is 0.333. The zero-order valence-electron chi connectivity index (χ0n) is 11.6. The Morgan fingerprint density at radius 1 is 1.29 bits per heavy atom. The minimum absolute atomic E-state index is 0.201. The van der Waals surface area contributed by atoms with Crippen molar-refractivity contribution >= 4 is 11.7 Å². The highest BCUT2D eigenvalue weighted by molar-refractivity contribution is 5.98. The molecule has 0 radical (unpaired) electrons. The Bertz CT molecular complexity index is 644. The molecule has 1 fully saturated rings. The Hall–Kier alpha value is -2.37. The highest BCUT2D eigenvalue weighted by Crippen LogP contribution is 2.20. The van der Waals surface area contributed by atoms with Gasteiger partial charge in [-0.05, 0) is 37.1 Å². The second-order valence-electron chi connectivity index (χ2n) is 5.29. The van der Waals surface area contributed by atoms with E-state index in [1.807, 2.05) is 0 Å². The average molecular weight is 288 g/mol. The van der Waals surface area contributed by atoms with Gasteiger partial charge in [-0.2, -0.15) is 5.10 Å². The number of benzene rings is 1. The van der Waals surface area contributed by atoms with E-state index >= 15 is 0 Å². The Morgan fingerprint density at radius 3 is 2.62 bits per heavy atom. The van der Waals surface area contributed by atoms with Crippen molar-refractivity contribution in [3.63, 3.8) is 0 Å². The molecule has 0 aliphatic heterocycles. The first kappa shape index (κ1) is 13.6. The number of rotatable bonds is 3. The van der Waals surface area contributed by atoms with Crippen molar-refractivity contribution in [1.29, 1.82) is 0 Å². The normalized spacial score (nSPS) is 15.3. The van der Waals surface area contributed by atoms with Crippen molar-refractivity contribution in [2.24, 2.45) is 0 Å². The van der Waals surface area contributed by atoms with Crippen LogP contribution in [0.2, 0.25) is 0 Å². The Morgan fingerprint density at radius 2 is 1.95 bits per heavy atom. The molecule has 1 aromatic heterocycles. The van der Waals surface area contributed by atoms with E-state index in [0.29, 0.717) is 11.3 Å². The topological polar surface area (TPSA) is 72.9 Å². The van der Waals surface area contributed by atoms with Crippen molar-refractivity contribution < 1.29 is 9.18 Å². The van der Waals surface area contributed by atoms with E-state index in [1.165, 1.54) is 23.0 Å².